The van der Waals surface area contributed by atoms with Crippen LogP contribution in [0, 0.1) is 18.3 Å². The van der Waals surface area contributed by atoms with Crippen LogP contribution in [-0.4, -0.2) is 23.9 Å². The second-order valence-electron chi connectivity index (χ2n) is 7.44. The zero-order chi connectivity index (χ0) is 19.4. The first-order chi connectivity index (χ1) is 13.1. The molecule has 1 saturated heterocycles. The Labute approximate surface area is 162 Å². The summed E-state index contributed by atoms with van der Waals surface area (Å²) < 4.78 is 0. The lowest BCUT2D eigenvalue weighted by molar-refractivity contribution is 0.0712. The van der Waals surface area contributed by atoms with Crippen molar-refractivity contribution < 1.29 is 4.79 Å². The predicted octanol–water partition coefficient (Wildman–Crippen LogP) is 5.01. The molecule has 0 spiro atoms. The Kier molecular flexibility index (Phi) is 5.96. The van der Waals surface area contributed by atoms with Gasteiger partial charge in [0, 0.05) is 18.7 Å². The second-order valence-corrected chi connectivity index (χ2v) is 7.44. The molecule has 1 aliphatic rings. The van der Waals surface area contributed by atoms with Crippen molar-refractivity contribution in [3.63, 3.8) is 0 Å². The molecular weight excluding hydrogens is 332 g/mol. The monoisotopic (exact) mass is 360 g/mol. The Morgan fingerprint density at radius 1 is 1.07 bits per heavy atom. The SMILES string of the molecule is CCc1cc(CC)c(C(=O)N2CCC(c3ccc(C#N)cc3)CC2)cc1C. The Morgan fingerprint density at radius 3 is 2.26 bits per heavy atom. The maximum atomic E-state index is 13.1. The standard InChI is InChI=1S/C24H28N2O/c1-4-19-15-20(5-2)23(14-17(19)3)24(27)26-12-10-22(11-13-26)21-8-6-18(16-25)7-9-21/h6-9,14-15,22H,4-5,10-13H2,1-3H3. The summed E-state index contributed by atoms with van der Waals surface area (Å²) in [6.45, 7) is 7.98. The number of nitriles is 1. The van der Waals surface area contributed by atoms with Gasteiger partial charge in [-0.1, -0.05) is 32.0 Å². The number of benzene rings is 2. The highest BCUT2D eigenvalue weighted by atomic mass is 16.2. The first-order valence-corrected chi connectivity index (χ1v) is 9.99. The fourth-order valence-corrected chi connectivity index (χ4v) is 4.09. The third-order valence-electron chi connectivity index (χ3n) is 5.85. The van der Waals surface area contributed by atoms with Gasteiger partial charge in [0.25, 0.3) is 5.91 Å². The maximum Gasteiger partial charge on any atom is 0.254 e. The molecule has 140 valence electrons. The summed E-state index contributed by atoms with van der Waals surface area (Å²) >= 11 is 0. The van der Waals surface area contributed by atoms with E-state index in [0.29, 0.717) is 11.5 Å². The number of nitrogens with zero attached hydrogens (tertiary/aromatic N) is 2. The molecule has 3 heteroatoms. The van der Waals surface area contributed by atoms with Gasteiger partial charge >= 0.3 is 0 Å². The van der Waals surface area contributed by atoms with Gasteiger partial charge in [0.2, 0.25) is 0 Å². The summed E-state index contributed by atoms with van der Waals surface area (Å²) in [6.07, 6.45) is 3.84. The zero-order valence-electron chi connectivity index (χ0n) is 16.6. The number of amides is 1. The van der Waals surface area contributed by atoms with Crippen LogP contribution in [0.25, 0.3) is 0 Å². The molecule has 1 fully saturated rings. The topological polar surface area (TPSA) is 44.1 Å². The van der Waals surface area contributed by atoms with Crippen molar-refractivity contribution in [1.82, 2.24) is 4.90 Å². The molecule has 0 bridgehead atoms. The number of rotatable bonds is 4. The molecule has 2 aromatic carbocycles. The third-order valence-corrected chi connectivity index (χ3v) is 5.85. The normalized spacial score (nSPS) is 14.8. The quantitative estimate of drug-likeness (QED) is 0.769. The first-order valence-electron chi connectivity index (χ1n) is 9.99. The van der Waals surface area contributed by atoms with Gasteiger partial charge in [-0.3, -0.25) is 4.79 Å². The van der Waals surface area contributed by atoms with Crippen LogP contribution in [0.5, 0.6) is 0 Å². The van der Waals surface area contributed by atoms with Gasteiger partial charge in [0.1, 0.15) is 0 Å². The van der Waals surface area contributed by atoms with Crippen molar-refractivity contribution in [3.8, 4) is 6.07 Å². The molecule has 0 saturated carbocycles. The lowest BCUT2D eigenvalue weighted by Crippen LogP contribution is -2.38. The maximum absolute atomic E-state index is 13.1. The van der Waals surface area contributed by atoms with E-state index in [-0.39, 0.29) is 5.91 Å². The fourth-order valence-electron chi connectivity index (χ4n) is 4.09. The van der Waals surface area contributed by atoms with Gasteiger partial charge in [-0.05, 0) is 79.0 Å². The molecule has 3 nitrogen and oxygen atoms in total. The van der Waals surface area contributed by atoms with Crippen LogP contribution in [-0.2, 0) is 12.8 Å². The summed E-state index contributed by atoms with van der Waals surface area (Å²) in [4.78, 5) is 15.2. The second kappa shape index (κ2) is 8.39. The van der Waals surface area contributed by atoms with Gasteiger partial charge in [0.05, 0.1) is 11.6 Å². The van der Waals surface area contributed by atoms with Crippen molar-refractivity contribution in [2.75, 3.05) is 13.1 Å². The summed E-state index contributed by atoms with van der Waals surface area (Å²) in [6, 6.07) is 14.4. The van der Waals surface area contributed by atoms with Crippen molar-refractivity contribution in [2.45, 2.75) is 52.4 Å². The van der Waals surface area contributed by atoms with Crippen molar-refractivity contribution >= 4 is 5.91 Å². The number of aryl methyl sites for hydroxylation is 3. The van der Waals surface area contributed by atoms with E-state index in [2.05, 4.69) is 51.1 Å². The van der Waals surface area contributed by atoms with Gasteiger partial charge in [0.15, 0.2) is 0 Å². The van der Waals surface area contributed by atoms with E-state index in [1.807, 2.05) is 17.0 Å². The smallest absolute Gasteiger partial charge is 0.254 e. The molecule has 1 amide bonds. The molecule has 0 aliphatic carbocycles. The molecule has 1 heterocycles. The molecule has 0 radical (unpaired) electrons. The minimum absolute atomic E-state index is 0.177. The highest BCUT2D eigenvalue weighted by molar-refractivity contribution is 5.96. The zero-order valence-corrected chi connectivity index (χ0v) is 16.6. The molecule has 0 N–H and O–H groups in total. The number of carbonyl (C=O) groups is 1. The van der Waals surface area contributed by atoms with Crippen LogP contribution in [0.1, 0.15) is 70.8 Å². The van der Waals surface area contributed by atoms with E-state index in [1.54, 1.807) is 0 Å². The first kappa shape index (κ1) is 19.2. The fraction of sp³-hybridized carbons (Fsp3) is 0.417. The third kappa shape index (κ3) is 4.06. The Hall–Kier alpha value is -2.60. The lowest BCUT2D eigenvalue weighted by atomic mass is 9.88. The van der Waals surface area contributed by atoms with Crippen LogP contribution < -0.4 is 0 Å². The van der Waals surface area contributed by atoms with Crippen molar-refractivity contribution in [3.05, 3.63) is 69.8 Å². The van der Waals surface area contributed by atoms with E-state index in [1.165, 1.54) is 16.7 Å². The average Bonchev–Trinajstić information content (AvgIpc) is 2.73. The van der Waals surface area contributed by atoms with E-state index >= 15 is 0 Å². The van der Waals surface area contributed by atoms with E-state index in [0.717, 1.165) is 49.9 Å². The molecule has 0 atom stereocenters. The minimum Gasteiger partial charge on any atom is -0.339 e. The number of hydrogen-bond acceptors (Lipinski definition) is 2. The van der Waals surface area contributed by atoms with Crippen LogP contribution in [0.15, 0.2) is 36.4 Å². The molecule has 0 unspecified atom stereocenters. The highest BCUT2D eigenvalue weighted by Gasteiger charge is 2.26. The Morgan fingerprint density at radius 2 is 1.70 bits per heavy atom. The molecule has 3 rings (SSSR count). The van der Waals surface area contributed by atoms with Gasteiger partial charge in [-0.15, -0.1) is 0 Å². The van der Waals surface area contributed by atoms with Crippen LogP contribution in [0.4, 0.5) is 0 Å². The molecule has 1 aliphatic heterocycles. The molecule has 27 heavy (non-hydrogen) atoms. The Bertz CT molecular complexity index is 853. The van der Waals surface area contributed by atoms with Gasteiger partial charge in [-0.2, -0.15) is 5.26 Å². The number of carbonyl (C=O) groups excluding carboxylic acids is 1. The van der Waals surface area contributed by atoms with Crippen LogP contribution in [0.2, 0.25) is 0 Å². The number of piperidine rings is 1. The predicted molar refractivity (Wildman–Crippen MR) is 109 cm³/mol. The van der Waals surface area contributed by atoms with Gasteiger partial charge < -0.3 is 4.90 Å². The van der Waals surface area contributed by atoms with Crippen molar-refractivity contribution in [1.29, 1.82) is 5.26 Å². The molecular formula is C24H28N2O. The molecule has 0 aromatic heterocycles. The largest absolute Gasteiger partial charge is 0.339 e. The van der Waals surface area contributed by atoms with Crippen LogP contribution in [0.3, 0.4) is 0 Å². The lowest BCUT2D eigenvalue weighted by Gasteiger charge is -2.33. The summed E-state index contributed by atoms with van der Waals surface area (Å²) in [5, 5.41) is 8.94. The van der Waals surface area contributed by atoms with E-state index in [4.69, 9.17) is 5.26 Å². The summed E-state index contributed by atoms with van der Waals surface area (Å²) in [7, 11) is 0. The molecule has 2 aromatic rings. The van der Waals surface area contributed by atoms with E-state index < -0.39 is 0 Å². The average molecular weight is 361 g/mol. The van der Waals surface area contributed by atoms with Crippen molar-refractivity contribution in [2.24, 2.45) is 0 Å². The minimum atomic E-state index is 0.177. The number of hydrogen-bond donors (Lipinski definition) is 0. The summed E-state index contributed by atoms with van der Waals surface area (Å²) in [5.74, 6) is 0.646. The summed E-state index contributed by atoms with van der Waals surface area (Å²) in [5.41, 5.74) is 6.57. The number of likely N-dealkylation sites (tertiary alicyclic amines) is 1. The van der Waals surface area contributed by atoms with Crippen LogP contribution >= 0.6 is 0 Å². The van der Waals surface area contributed by atoms with E-state index in [9.17, 15) is 4.79 Å². The Balaban J connectivity index is 1.71. The van der Waals surface area contributed by atoms with Gasteiger partial charge in [-0.25, -0.2) is 0 Å². The highest BCUT2D eigenvalue weighted by Crippen LogP contribution is 2.29.